The van der Waals surface area contributed by atoms with Crippen molar-refractivity contribution in [1.82, 2.24) is 9.80 Å². The lowest BCUT2D eigenvalue weighted by Gasteiger charge is -2.44. The fraction of sp³-hybridized carbons (Fsp3) is 0.538. The summed E-state index contributed by atoms with van der Waals surface area (Å²) < 4.78 is 20.6. The number of hydrogen-bond acceptors (Lipinski definition) is 3. The van der Waals surface area contributed by atoms with Gasteiger partial charge in [0.2, 0.25) is 0 Å². The Balaban J connectivity index is 1.55. The summed E-state index contributed by atoms with van der Waals surface area (Å²) in [6, 6.07) is 15.6. The van der Waals surface area contributed by atoms with Gasteiger partial charge in [0.25, 0.3) is 0 Å². The molecule has 0 bridgehead atoms. The summed E-state index contributed by atoms with van der Waals surface area (Å²) in [6.45, 7) is 5.46. The van der Waals surface area contributed by atoms with Crippen LogP contribution < -0.4 is 4.74 Å². The molecule has 2 heterocycles. The minimum atomic E-state index is -0.104. The SMILES string of the molecule is CN1CCC2(CCCCc3ccccc3OCCN(Cc3ccccc3F)C2)CC1. The molecule has 30 heavy (non-hydrogen) atoms. The van der Waals surface area contributed by atoms with Gasteiger partial charge in [-0.25, -0.2) is 4.39 Å². The molecule has 2 aliphatic heterocycles. The van der Waals surface area contributed by atoms with Crippen molar-refractivity contribution in [3.05, 3.63) is 65.5 Å². The molecule has 1 fully saturated rings. The fourth-order valence-electron chi connectivity index (χ4n) is 5.09. The largest absolute Gasteiger partial charge is 0.492 e. The van der Waals surface area contributed by atoms with Crippen molar-refractivity contribution >= 4 is 0 Å². The number of piperidine rings is 1. The van der Waals surface area contributed by atoms with Crippen molar-refractivity contribution in [3.8, 4) is 5.75 Å². The van der Waals surface area contributed by atoms with E-state index in [1.54, 1.807) is 12.1 Å². The third-order valence-electron chi connectivity index (χ3n) is 7.00. The highest BCUT2D eigenvalue weighted by Crippen LogP contribution is 2.38. The minimum Gasteiger partial charge on any atom is -0.492 e. The average Bonchev–Trinajstić information content (AvgIpc) is 2.75. The zero-order chi connectivity index (χ0) is 20.8. The van der Waals surface area contributed by atoms with E-state index in [2.05, 4.69) is 41.1 Å². The second-order valence-electron chi connectivity index (χ2n) is 9.27. The summed E-state index contributed by atoms with van der Waals surface area (Å²) in [4.78, 5) is 4.88. The Morgan fingerprint density at radius 2 is 1.70 bits per heavy atom. The molecule has 0 atom stereocenters. The van der Waals surface area contributed by atoms with Gasteiger partial charge >= 0.3 is 0 Å². The quantitative estimate of drug-likeness (QED) is 0.681. The van der Waals surface area contributed by atoms with Gasteiger partial charge in [-0.05, 0) is 75.4 Å². The van der Waals surface area contributed by atoms with Crippen molar-refractivity contribution in [2.24, 2.45) is 5.41 Å². The normalized spacial score (nSPS) is 21.3. The van der Waals surface area contributed by atoms with E-state index in [0.717, 1.165) is 43.9 Å². The molecule has 1 spiro atoms. The lowest BCUT2D eigenvalue weighted by Crippen LogP contribution is -2.46. The van der Waals surface area contributed by atoms with Gasteiger partial charge in [0.05, 0.1) is 0 Å². The van der Waals surface area contributed by atoms with E-state index >= 15 is 0 Å². The molecule has 0 unspecified atom stereocenters. The Kier molecular flexibility index (Phi) is 7.06. The molecule has 1 saturated heterocycles. The molecule has 0 saturated carbocycles. The molecule has 2 aromatic carbocycles. The Bertz CT molecular complexity index is 816. The average molecular weight is 411 g/mol. The van der Waals surface area contributed by atoms with Gasteiger partial charge in [-0.15, -0.1) is 0 Å². The number of nitrogens with zero attached hydrogens (tertiary/aromatic N) is 2. The predicted octanol–water partition coefficient (Wildman–Crippen LogP) is 5.15. The van der Waals surface area contributed by atoms with Crippen molar-refractivity contribution in [3.63, 3.8) is 0 Å². The van der Waals surface area contributed by atoms with Crippen LogP contribution in [0, 0.1) is 11.2 Å². The van der Waals surface area contributed by atoms with Crippen LogP contribution >= 0.6 is 0 Å². The number of likely N-dealkylation sites (tertiary alicyclic amines) is 1. The first kappa shape index (κ1) is 21.3. The molecule has 2 aromatic rings. The highest BCUT2D eigenvalue weighted by atomic mass is 19.1. The van der Waals surface area contributed by atoms with Crippen LogP contribution in [0.2, 0.25) is 0 Å². The van der Waals surface area contributed by atoms with Gasteiger partial charge in [0.1, 0.15) is 18.2 Å². The Morgan fingerprint density at radius 3 is 2.53 bits per heavy atom. The zero-order valence-corrected chi connectivity index (χ0v) is 18.3. The number of para-hydroxylation sites is 1. The van der Waals surface area contributed by atoms with E-state index in [-0.39, 0.29) is 5.82 Å². The first-order valence-electron chi connectivity index (χ1n) is 11.5. The second-order valence-corrected chi connectivity index (χ2v) is 9.27. The first-order chi connectivity index (χ1) is 14.6. The standard InChI is InChI=1S/C26H35FN2O/c1-28-16-14-26(15-17-28)13-7-6-9-22-8-3-5-12-25(22)30-19-18-29(21-26)20-23-10-2-4-11-24(23)27/h2-5,8,10-12H,6-7,9,13-21H2,1H3. The van der Waals surface area contributed by atoms with Gasteiger partial charge in [0.15, 0.2) is 0 Å². The van der Waals surface area contributed by atoms with Crippen LogP contribution in [0.3, 0.4) is 0 Å². The molecule has 162 valence electrons. The lowest BCUT2D eigenvalue weighted by molar-refractivity contribution is 0.0514. The first-order valence-corrected chi connectivity index (χ1v) is 11.5. The highest BCUT2D eigenvalue weighted by molar-refractivity contribution is 5.33. The lowest BCUT2D eigenvalue weighted by atomic mass is 9.73. The van der Waals surface area contributed by atoms with E-state index in [1.165, 1.54) is 37.7 Å². The highest BCUT2D eigenvalue weighted by Gasteiger charge is 2.35. The molecular formula is C26H35FN2O. The number of halogens is 1. The second kappa shape index (κ2) is 9.93. The van der Waals surface area contributed by atoms with Crippen molar-refractivity contribution < 1.29 is 9.13 Å². The van der Waals surface area contributed by atoms with Gasteiger partial charge in [-0.1, -0.05) is 42.8 Å². The van der Waals surface area contributed by atoms with Gasteiger partial charge in [-0.3, -0.25) is 4.90 Å². The molecule has 0 aliphatic carbocycles. The minimum absolute atomic E-state index is 0.104. The molecule has 0 N–H and O–H groups in total. The van der Waals surface area contributed by atoms with Crippen molar-refractivity contribution in [2.75, 3.05) is 39.8 Å². The maximum atomic E-state index is 14.4. The smallest absolute Gasteiger partial charge is 0.127 e. The van der Waals surface area contributed by atoms with Crippen LogP contribution in [0.5, 0.6) is 5.75 Å². The van der Waals surface area contributed by atoms with Crippen LogP contribution in [0.4, 0.5) is 4.39 Å². The third-order valence-corrected chi connectivity index (χ3v) is 7.00. The number of rotatable bonds is 2. The molecule has 4 heteroatoms. The summed E-state index contributed by atoms with van der Waals surface area (Å²) in [7, 11) is 2.23. The maximum Gasteiger partial charge on any atom is 0.127 e. The van der Waals surface area contributed by atoms with E-state index < -0.39 is 0 Å². The van der Waals surface area contributed by atoms with Crippen molar-refractivity contribution in [2.45, 2.75) is 45.1 Å². The topological polar surface area (TPSA) is 15.7 Å². The molecule has 0 aromatic heterocycles. The van der Waals surface area contributed by atoms with Gasteiger partial charge in [0, 0.05) is 25.2 Å². The summed E-state index contributed by atoms with van der Waals surface area (Å²) in [6.07, 6.45) is 7.25. The number of hydrogen-bond donors (Lipinski definition) is 0. The predicted molar refractivity (Wildman–Crippen MR) is 120 cm³/mol. The summed E-state index contributed by atoms with van der Waals surface area (Å²) in [5.74, 6) is 0.908. The van der Waals surface area contributed by atoms with E-state index in [1.807, 2.05) is 12.1 Å². The summed E-state index contributed by atoms with van der Waals surface area (Å²) in [5, 5.41) is 0. The molecule has 0 amide bonds. The number of fused-ring (bicyclic) bond motifs is 1. The van der Waals surface area contributed by atoms with E-state index in [0.29, 0.717) is 18.6 Å². The van der Waals surface area contributed by atoms with Crippen LogP contribution in [-0.4, -0.2) is 49.6 Å². The van der Waals surface area contributed by atoms with Crippen molar-refractivity contribution in [1.29, 1.82) is 0 Å². The van der Waals surface area contributed by atoms with E-state index in [4.69, 9.17) is 4.74 Å². The Labute approximate surface area is 180 Å². The van der Waals surface area contributed by atoms with Gasteiger partial charge < -0.3 is 9.64 Å². The monoisotopic (exact) mass is 410 g/mol. The third kappa shape index (κ3) is 5.41. The fourth-order valence-corrected chi connectivity index (χ4v) is 5.09. The molecule has 0 radical (unpaired) electrons. The molecule has 4 rings (SSSR count). The maximum absolute atomic E-state index is 14.4. The van der Waals surface area contributed by atoms with Crippen LogP contribution in [-0.2, 0) is 13.0 Å². The molecular weight excluding hydrogens is 375 g/mol. The zero-order valence-electron chi connectivity index (χ0n) is 18.3. The summed E-state index contributed by atoms with van der Waals surface area (Å²) in [5.41, 5.74) is 2.43. The van der Waals surface area contributed by atoms with Crippen LogP contribution in [0.25, 0.3) is 0 Å². The van der Waals surface area contributed by atoms with E-state index in [9.17, 15) is 4.39 Å². The molecule has 2 aliphatic rings. The van der Waals surface area contributed by atoms with Gasteiger partial charge in [-0.2, -0.15) is 0 Å². The number of benzene rings is 2. The number of ether oxygens (including phenoxy) is 1. The Hall–Kier alpha value is -1.91. The van der Waals surface area contributed by atoms with Crippen LogP contribution in [0.15, 0.2) is 48.5 Å². The Morgan fingerprint density at radius 1 is 0.933 bits per heavy atom. The van der Waals surface area contributed by atoms with Crippen LogP contribution in [0.1, 0.15) is 43.2 Å². The summed E-state index contributed by atoms with van der Waals surface area (Å²) >= 11 is 0. The number of aryl methyl sites for hydroxylation is 1. The molecule has 3 nitrogen and oxygen atoms in total.